The monoisotopic (exact) mass is 268 g/mol. The first-order valence-electron chi connectivity index (χ1n) is 5.99. The second-order valence-corrected chi connectivity index (χ2v) is 4.33. The first-order valence-corrected chi connectivity index (χ1v) is 5.99. The average molecular weight is 268 g/mol. The highest BCUT2D eigenvalue weighted by Crippen LogP contribution is 2.22. The second kappa shape index (κ2) is 4.61. The summed E-state index contributed by atoms with van der Waals surface area (Å²) in [6.07, 6.45) is 0. The summed E-state index contributed by atoms with van der Waals surface area (Å²) in [5.41, 5.74) is 7.60. The molecule has 3 aromatic rings. The average Bonchev–Trinajstić information content (AvgIpc) is 2.86. The quantitative estimate of drug-likeness (QED) is 0.652. The number of amides is 1. The van der Waals surface area contributed by atoms with Gasteiger partial charge in [-0.25, -0.2) is 0 Å². The Bertz CT molecular complexity index is 794. The van der Waals surface area contributed by atoms with Crippen LogP contribution in [0.5, 0.6) is 0 Å². The Morgan fingerprint density at radius 3 is 2.85 bits per heavy atom. The summed E-state index contributed by atoms with van der Waals surface area (Å²) in [6, 6.07) is 9.45. The summed E-state index contributed by atoms with van der Waals surface area (Å²) in [5.74, 6) is -0.320. The Labute approximate surface area is 114 Å². The standard InChI is InChI=1S/C13H12N6O/c1-7-5-6-8-3-2-4-9(10(8)15-7)16-12(20)11-17-13(14)19-18-11/h2-6H,1H3,(H,16,20)(H3,14,17,18,19). The Morgan fingerprint density at radius 1 is 1.25 bits per heavy atom. The number of aromatic nitrogens is 4. The minimum atomic E-state index is -0.412. The number of aromatic amines is 1. The number of pyridine rings is 1. The lowest BCUT2D eigenvalue weighted by Gasteiger charge is -2.07. The zero-order chi connectivity index (χ0) is 14.1. The first-order chi connectivity index (χ1) is 9.63. The van der Waals surface area contributed by atoms with E-state index in [1.807, 2.05) is 31.2 Å². The van der Waals surface area contributed by atoms with Crippen LogP contribution < -0.4 is 11.1 Å². The molecule has 4 N–H and O–H groups in total. The second-order valence-electron chi connectivity index (χ2n) is 4.33. The maximum atomic E-state index is 12.0. The SMILES string of the molecule is Cc1ccc2cccc(NC(=O)c3nc(N)n[nH]3)c2n1. The van der Waals surface area contributed by atoms with Crippen molar-refractivity contribution in [3.05, 3.63) is 41.9 Å². The molecule has 2 heterocycles. The van der Waals surface area contributed by atoms with Gasteiger partial charge in [0.15, 0.2) is 0 Å². The van der Waals surface area contributed by atoms with E-state index in [-0.39, 0.29) is 11.8 Å². The van der Waals surface area contributed by atoms with Gasteiger partial charge in [-0.2, -0.15) is 4.98 Å². The van der Waals surface area contributed by atoms with Crippen molar-refractivity contribution in [2.24, 2.45) is 0 Å². The van der Waals surface area contributed by atoms with Crippen LogP contribution in [0.15, 0.2) is 30.3 Å². The number of carbonyl (C=O) groups excluding carboxylic acids is 1. The molecule has 0 aliphatic heterocycles. The van der Waals surface area contributed by atoms with Crippen LogP contribution in [-0.4, -0.2) is 26.1 Å². The molecule has 0 fully saturated rings. The maximum Gasteiger partial charge on any atom is 0.293 e. The molecule has 0 radical (unpaired) electrons. The number of rotatable bonds is 2. The van der Waals surface area contributed by atoms with Crippen molar-refractivity contribution in [2.75, 3.05) is 11.1 Å². The van der Waals surface area contributed by atoms with E-state index in [9.17, 15) is 4.79 Å². The Balaban J connectivity index is 1.98. The number of hydrogen-bond acceptors (Lipinski definition) is 5. The topological polar surface area (TPSA) is 110 Å². The fourth-order valence-electron chi connectivity index (χ4n) is 1.90. The largest absolute Gasteiger partial charge is 0.366 e. The molecule has 2 aromatic heterocycles. The summed E-state index contributed by atoms with van der Waals surface area (Å²) < 4.78 is 0. The van der Waals surface area contributed by atoms with E-state index in [1.165, 1.54) is 0 Å². The van der Waals surface area contributed by atoms with Crippen molar-refractivity contribution < 1.29 is 4.79 Å². The van der Waals surface area contributed by atoms with E-state index in [2.05, 4.69) is 25.5 Å². The van der Waals surface area contributed by atoms with Crippen LogP contribution in [0, 0.1) is 6.92 Å². The van der Waals surface area contributed by atoms with E-state index in [0.717, 1.165) is 16.6 Å². The lowest BCUT2D eigenvalue weighted by molar-refractivity contribution is 0.101. The van der Waals surface area contributed by atoms with Gasteiger partial charge in [0.1, 0.15) is 0 Å². The normalized spacial score (nSPS) is 10.7. The number of nitrogens with two attached hydrogens (primary N) is 1. The van der Waals surface area contributed by atoms with E-state index < -0.39 is 5.91 Å². The highest BCUT2D eigenvalue weighted by atomic mass is 16.2. The van der Waals surface area contributed by atoms with Gasteiger partial charge in [-0.15, -0.1) is 5.10 Å². The Morgan fingerprint density at radius 2 is 2.10 bits per heavy atom. The van der Waals surface area contributed by atoms with Crippen molar-refractivity contribution in [3.8, 4) is 0 Å². The molecule has 1 amide bonds. The van der Waals surface area contributed by atoms with E-state index >= 15 is 0 Å². The van der Waals surface area contributed by atoms with Gasteiger partial charge in [-0.3, -0.25) is 14.9 Å². The summed E-state index contributed by atoms with van der Waals surface area (Å²) in [5, 5.41) is 9.79. The number of fused-ring (bicyclic) bond motifs is 1. The summed E-state index contributed by atoms with van der Waals surface area (Å²) in [6.45, 7) is 1.90. The summed E-state index contributed by atoms with van der Waals surface area (Å²) in [7, 11) is 0. The van der Waals surface area contributed by atoms with Crippen molar-refractivity contribution in [1.29, 1.82) is 0 Å². The van der Waals surface area contributed by atoms with Gasteiger partial charge in [-0.05, 0) is 19.1 Å². The molecule has 0 atom stereocenters. The van der Waals surface area contributed by atoms with Gasteiger partial charge in [0.2, 0.25) is 11.8 Å². The van der Waals surface area contributed by atoms with E-state index in [1.54, 1.807) is 6.07 Å². The molecule has 0 bridgehead atoms. The molecule has 0 saturated heterocycles. The fraction of sp³-hybridized carbons (Fsp3) is 0.0769. The molecule has 0 aliphatic rings. The van der Waals surface area contributed by atoms with Gasteiger partial charge in [-0.1, -0.05) is 18.2 Å². The molecule has 7 heteroatoms. The molecule has 20 heavy (non-hydrogen) atoms. The van der Waals surface area contributed by atoms with Crippen LogP contribution in [0.25, 0.3) is 10.9 Å². The van der Waals surface area contributed by atoms with Crippen LogP contribution in [0.4, 0.5) is 11.6 Å². The van der Waals surface area contributed by atoms with Gasteiger partial charge in [0.05, 0.1) is 11.2 Å². The number of nitrogen functional groups attached to an aromatic ring is 1. The molecule has 1 aromatic carbocycles. The third-order valence-electron chi connectivity index (χ3n) is 2.83. The summed E-state index contributed by atoms with van der Waals surface area (Å²) in [4.78, 5) is 20.3. The zero-order valence-electron chi connectivity index (χ0n) is 10.7. The number of nitrogens with one attached hydrogen (secondary N) is 2. The molecule has 0 saturated carbocycles. The van der Waals surface area contributed by atoms with Gasteiger partial charge in [0.25, 0.3) is 5.91 Å². The molecule has 0 spiro atoms. The van der Waals surface area contributed by atoms with Crippen molar-refractivity contribution >= 4 is 28.4 Å². The van der Waals surface area contributed by atoms with Crippen LogP contribution >= 0.6 is 0 Å². The third-order valence-corrected chi connectivity index (χ3v) is 2.83. The number of para-hydroxylation sites is 1. The van der Waals surface area contributed by atoms with Crippen LogP contribution in [0.2, 0.25) is 0 Å². The highest BCUT2D eigenvalue weighted by Gasteiger charge is 2.12. The van der Waals surface area contributed by atoms with Gasteiger partial charge in [0, 0.05) is 11.1 Å². The van der Waals surface area contributed by atoms with E-state index in [4.69, 9.17) is 5.73 Å². The summed E-state index contributed by atoms with van der Waals surface area (Å²) >= 11 is 0. The maximum absolute atomic E-state index is 12.0. The number of hydrogen-bond donors (Lipinski definition) is 3. The molecule has 100 valence electrons. The van der Waals surface area contributed by atoms with Gasteiger partial charge < -0.3 is 11.1 Å². The third kappa shape index (κ3) is 2.16. The van der Waals surface area contributed by atoms with Crippen molar-refractivity contribution in [1.82, 2.24) is 20.2 Å². The number of H-pyrrole nitrogens is 1. The fourth-order valence-corrected chi connectivity index (χ4v) is 1.90. The van der Waals surface area contributed by atoms with E-state index in [0.29, 0.717) is 5.69 Å². The minimum Gasteiger partial charge on any atom is -0.366 e. The smallest absolute Gasteiger partial charge is 0.293 e. The Hall–Kier alpha value is -2.96. The number of benzene rings is 1. The van der Waals surface area contributed by atoms with Crippen molar-refractivity contribution in [3.63, 3.8) is 0 Å². The molecular weight excluding hydrogens is 256 g/mol. The molecule has 7 nitrogen and oxygen atoms in total. The van der Waals surface area contributed by atoms with Crippen LogP contribution in [0.1, 0.15) is 16.3 Å². The van der Waals surface area contributed by atoms with Gasteiger partial charge >= 0.3 is 0 Å². The van der Waals surface area contributed by atoms with Crippen molar-refractivity contribution in [2.45, 2.75) is 6.92 Å². The predicted octanol–water partition coefficient (Wildman–Crippen LogP) is 1.50. The lowest BCUT2D eigenvalue weighted by atomic mass is 10.1. The molecular formula is C13H12N6O. The zero-order valence-corrected chi connectivity index (χ0v) is 10.7. The Kier molecular flexibility index (Phi) is 2.79. The highest BCUT2D eigenvalue weighted by molar-refractivity contribution is 6.06. The minimum absolute atomic E-state index is 0.0297. The predicted molar refractivity (Wildman–Crippen MR) is 75.2 cm³/mol. The van der Waals surface area contributed by atoms with Crippen LogP contribution in [0.3, 0.4) is 0 Å². The first kappa shape index (κ1) is 12.1. The lowest BCUT2D eigenvalue weighted by Crippen LogP contribution is -2.14. The molecule has 0 unspecified atom stereocenters. The number of aryl methyl sites for hydroxylation is 1. The number of nitrogens with zero attached hydrogens (tertiary/aromatic N) is 3. The van der Waals surface area contributed by atoms with Crippen LogP contribution in [-0.2, 0) is 0 Å². The molecule has 3 rings (SSSR count). The number of anilines is 2. The number of carbonyl (C=O) groups is 1. The molecule has 0 aliphatic carbocycles.